The summed E-state index contributed by atoms with van der Waals surface area (Å²) in [6.45, 7) is 6.14. The maximum atomic E-state index is 13.6. The molecule has 2 fully saturated rings. The maximum Gasteiger partial charge on any atom is 0.227 e. The van der Waals surface area contributed by atoms with Crippen LogP contribution in [0.1, 0.15) is 63.4 Å². The van der Waals surface area contributed by atoms with Crippen LogP contribution in [0.4, 0.5) is 4.39 Å². The molecule has 0 bridgehead atoms. The van der Waals surface area contributed by atoms with Gasteiger partial charge in [0.25, 0.3) is 0 Å². The number of fused-ring (bicyclic) bond motifs is 1. The van der Waals surface area contributed by atoms with Gasteiger partial charge in [-0.05, 0) is 100 Å². The molecule has 2 aliphatic rings. The molecule has 6 heteroatoms. The van der Waals surface area contributed by atoms with Crippen LogP contribution in [0, 0.1) is 17.7 Å². The Morgan fingerprint density at radius 2 is 1.64 bits per heavy atom. The van der Waals surface area contributed by atoms with Crippen LogP contribution in [-0.2, 0) is 11.2 Å². The molecular formula is C27H41FN4O. The largest absolute Gasteiger partial charge is 0.361 e. The molecule has 4 rings (SSSR count). The first kappa shape index (κ1) is 24.2. The molecule has 182 valence electrons. The molecule has 2 aromatic rings. The molecule has 33 heavy (non-hydrogen) atoms. The number of aromatic amines is 1. The fourth-order valence-electron chi connectivity index (χ4n) is 5.46. The predicted octanol–water partition coefficient (Wildman–Crippen LogP) is 4.63. The number of aromatic nitrogens is 1. The summed E-state index contributed by atoms with van der Waals surface area (Å²) < 4.78 is 13.6. The average Bonchev–Trinajstić information content (AvgIpc) is 3.23. The van der Waals surface area contributed by atoms with Crippen molar-refractivity contribution < 1.29 is 9.18 Å². The smallest absolute Gasteiger partial charge is 0.227 e. The SMILES string of the molecule is O=C(Cc1c[nH]c2ccc(F)cc12)N1CCC(CNCCCCNCC2CCCCC2)CC1. The Balaban J connectivity index is 1.05. The third-order valence-corrected chi connectivity index (χ3v) is 7.59. The Labute approximate surface area is 197 Å². The quantitative estimate of drug-likeness (QED) is 0.432. The molecule has 1 amide bonds. The molecular weight excluding hydrogens is 415 g/mol. The molecule has 1 aromatic heterocycles. The molecule has 0 spiro atoms. The molecule has 1 saturated carbocycles. The van der Waals surface area contributed by atoms with Gasteiger partial charge in [-0.1, -0.05) is 19.3 Å². The van der Waals surface area contributed by atoms with Crippen molar-refractivity contribution in [2.45, 2.75) is 64.2 Å². The van der Waals surface area contributed by atoms with E-state index in [4.69, 9.17) is 0 Å². The van der Waals surface area contributed by atoms with Gasteiger partial charge in [0, 0.05) is 30.2 Å². The summed E-state index contributed by atoms with van der Waals surface area (Å²) in [5.41, 5.74) is 1.76. The van der Waals surface area contributed by atoms with Crippen LogP contribution >= 0.6 is 0 Å². The summed E-state index contributed by atoms with van der Waals surface area (Å²) in [5, 5.41) is 8.10. The lowest BCUT2D eigenvalue weighted by molar-refractivity contribution is -0.131. The van der Waals surface area contributed by atoms with Gasteiger partial charge in [0.05, 0.1) is 6.42 Å². The first-order valence-electron chi connectivity index (χ1n) is 13.1. The van der Waals surface area contributed by atoms with Gasteiger partial charge in [0.2, 0.25) is 5.91 Å². The summed E-state index contributed by atoms with van der Waals surface area (Å²) >= 11 is 0. The van der Waals surface area contributed by atoms with Crippen molar-refractivity contribution >= 4 is 16.8 Å². The van der Waals surface area contributed by atoms with E-state index >= 15 is 0 Å². The maximum absolute atomic E-state index is 13.6. The number of unbranched alkanes of at least 4 members (excludes halogenated alkanes) is 1. The zero-order valence-corrected chi connectivity index (χ0v) is 20.0. The molecule has 1 aromatic carbocycles. The van der Waals surface area contributed by atoms with Crippen LogP contribution < -0.4 is 10.6 Å². The number of likely N-dealkylation sites (tertiary alicyclic amines) is 1. The van der Waals surface area contributed by atoms with Gasteiger partial charge in [0.15, 0.2) is 0 Å². The number of carbonyl (C=O) groups is 1. The zero-order chi connectivity index (χ0) is 22.9. The van der Waals surface area contributed by atoms with Crippen molar-refractivity contribution in [3.63, 3.8) is 0 Å². The Morgan fingerprint density at radius 1 is 0.970 bits per heavy atom. The first-order chi connectivity index (χ1) is 16.2. The monoisotopic (exact) mass is 456 g/mol. The fourth-order valence-corrected chi connectivity index (χ4v) is 5.46. The highest BCUT2D eigenvalue weighted by molar-refractivity contribution is 5.89. The second kappa shape index (κ2) is 12.5. The summed E-state index contributed by atoms with van der Waals surface area (Å²) in [7, 11) is 0. The lowest BCUT2D eigenvalue weighted by Crippen LogP contribution is -2.41. The minimum atomic E-state index is -0.264. The topological polar surface area (TPSA) is 60.2 Å². The number of hydrogen-bond donors (Lipinski definition) is 3. The van der Waals surface area contributed by atoms with Crippen molar-refractivity contribution in [2.24, 2.45) is 11.8 Å². The number of rotatable bonds is 11. The van der Waals surface area contributed by atoms with E-state index in [0.29, 0.717) is 12.3 Å². The van der Waals surface area contributed by atoms with Gasteiger partial charge in [-0.15, -0.1) is 0 Å². The Kier molecular flexibility index (Phi) is 9.18. The molecule has 0 radical (unpaired) electrons. The summed E-state index contributed by atoms with van der Waals surface area (Å²) in [6, 6.07) is 4.68. The van der Waals surface area contributed by atoms with Crippen molar-refractivity contribution in [1.82, 2.24) is 20.5 Å². The van der Waals surface area contributed by atoms with Gasteiger partial charge < -0.3 is 20.5 Å². The molecule has 0 atom stereocenters. The highest BCUT2D eigenvalue weighted by Gasteiger charge is 2.23. The summed E-state index contributed by atoms with van der Waals surface area (Å²) in [6.07, 6.45) is 13.9. The Hall–Kier alpha value is -1.92. The van der Waals surface area contributed by atoms with E-state index in [2.05, 4.69) is 15.6 Å². The number of carbonyl (C=O) groups excluding carboxylic acids is 1. The standard InChI is InChI=1S/C27H41FN4O/c28-24-8-9-26-25(17-24)23(20-31-26)16-27(33)32-14-10-22(11-15-32)19-30-13-5-4-12-29-18-21-6-2-1-3-7-21/h8-9,17,20-22,29-31H,1-7,10-16,18-19H2. The van der Waals surface area contributed by atoms with Crippen molar-refractivity contribution in [3.05, 3.63) is 35.8 Å². The number of amides is 1. The minimum Gasteiger partial charge on any atom is -0.361 e. The van der Waals surface area contributed by atoms with Crippen molar-refractivity contribution in [2.75, 3.05) is 39.3 Å². The normalized spacial score (nSPS) is 18.3. The van der Waals surface area contributed by atoms with Gasteiger partial charge in [-0.25, -0.2) is 4.39 Å². The van der Waals surface area contributed by atoms with Crippen LogP contribution in [0.2, 0.25) is 0 Å². The number of piperidine rings is 1. The van der Waals surface area contributed by atoms with Crippen molar-refractivity contribution in [3.8, 4) is 0 Å². The minimum absolute atomic E-state index is 0.146. The third kappa shape index (κ3) is 7.28. The van der Waals surface area contributed by atoms with Crippen LogP contribution in [0.15, 0.2) is 24.4 Å². The van der Waals surface area contributed by atoms with Crippen LogP contribution in [0.25, 0.3) is 10.9 Å². The van der Waals surface area contributed by atoms with E-state index in [1.165, 1.54) is 63.6 Å². The van der Waals surface area contributed by atoms with Crippen LogP contribution in [0.3, 0.4) is 0 Å². The van der Waals surface area contributed by atoms with Gasteiger partial charge in [-0.3, -0.25) is 4.79 Å². The fraction of sp³-hybridized carbons (Fsp3) is 0.667. The highest BCUT2D eigenvalue weighted by atomic mass is 19.1. The number of nitrogens with zero attached hydrogens (tertiary/aromatic N) is 1. The van der Waals surface area contributed by atoms with E-state index in [0.717, 1.165) is 67.9 Å². The number of nitrogens with one attached hydrogen (secondary N) is 3. The number of benzene rings is 1. The Morgan fingerprint density at radius 3 is 2.33 bits per heavy atom. The molecule has 1 aliphatic heterocycles. The van der Waals surface area contributed by atoms with Crippen LogP contribution in [0.5, 0.6) is 0 Å². The predicted molar refractivity (Wildman–Crippen MR) is 133 cm³/mol. The Bertz CT molecular complexity index is 868. The molecule has 1 aliphatic carbocycles. The van der Waals surface area contributed by atoms with Crippen molar-refractivity contribution in [1.29, 1.82) is 0 Å². The molecule has 0 unspecified atom stereocenters. The van der Waals surface area contributed by atoms with E-state index in [1.54, 1.807) is 6.07 Å². The molecule has 5 nitrogen and oxygen atoms in total. The van der Waals surface area contributed by atoms with Gasteiger partial charge in [0.1, 0.15) is 5.82 Å². The van der Waals surface area contributed by atoms with Gasteiger partial charge in [-0.2, -0.15) is 0 Å². The van der Waals surface area contributed by atoms with E-state index in [9.17, 15) is 9.18 Å². The molecule has 3 N–H and O–H groups in total. The first-order valence-corrected chi connectivity index (χ1v) is 13.1. The zero-order valence-electron chi connectivity index (χ0n) is 20.0. The number of halogens is 1. The highest BCUT2D eigenvalue weighted by Crippen LogP contribution is 2.23. The van der Waals surface area contributed by atoms with E-state index < -0.39 is 0 Å². The second-order valence-corrected chi connectivity index (χ2v) is 10.1. The third-order valence-electron chi connectivity index (χ3n) is 7.59. The average molecular weight is 457 g/mol. The second-order valence-electron chi connectivity index (χ2n) is 10.1. The molecule has 1 saturated heterocycles. The summed E-state index contributed by atoms with van der Waals surface area (Å²) in [5.74, 6) is 1.45. The number of hydrogen-bond acceptors (Lipinski definition) is 3. The lowest BCUT2D eigenvalue weighted by atomic mass is 9.89. The summed E-state index contributed by atoms with van der Waals surface area (Å²) in [4.78, 5) is 17.9. The number of H-pyrrole nitrogens is 1. The molecule has 2 heterocycles. The van der Waals surface area contributed by atoms with E-state index in [-0.39, 0.29) is 11.7 Å². The lowest BCUT2D eigenvalue weighted by Gasteiger charge is -2.32. The van der Waals surface area contributed by atoms with E-state index in [1.807, 2.05) is 11.1 Å². The van der Waals surface area contributed by atoms with Gasteiger partial charge >= 0.3 is 0 Å². The van der Waals surface area contributed by atoms with Crippen LogP contribution in [-0.4, -0.2) is 55.1 Å².